The van der Waals surface area contributed by atoms with Gasteiger partial charge in [0.05, 0.1) is 0 Å². The summed E-state index contributed by atoms with van der Waals surface area (Å²) in [4.78, 5) is 0. The van der Waals surface area contributed by atoms with Crippen molar-refractivity contribution in [1.82, 2.24) is 0 Å². The summed E-state index contributed by atoms with van der Waals surface area (Å²) in [5, 5.41) is 0. The van der Waals surface area contributed by atoms with Crippen LogP contribution in [0.25, 0.3) is 0 Å². The van der Waals surface area contributed by atoms with Gasteiger partial charge in [-0.25, -0.2) is 0 Å². The molecule has 0 nitrogen and oxygen atoms in total. The molecule has 0 aliphatic heterocycles. The van der Waals surface area contributed by atoms with E-state index in [-0.39, 0.29) is 0 Å². The second-order valence-corrected chi connectivity index (χ2v) is 4.12. The number of allylic oxidation sites excluding steroid dienone is 2. The number of benzene rings is 1. The van der Waals surface area contributed by atoms with E-state index in [0.717, 1.165) is 0 Å². The molecule has 0 N–H and O–H groups in total. The van der Waals surface area contributed by atoms with E-state index < -0.39 is 0 Å². The third-order valence-corrected chi connectivity index (χ3v) is 2.60. The molecule has 0 fully saturated rings. The van der Waals surface area contributed by atoms with E-state index in [1.807, 2.05) is 18.2 Å². The zero-order valence-corrected chi connectivity index (χ0v) is 9.78. The Balaban J connectivity index is 0.000000151. The largest absolute Gasteiger partial charge is 0.0885 e. The first kappa shape index (κ1) is 12.0. The predicted molar refractivity (Wildman–Crippen MR) is 68.0 cm³/mol. The molecular formula is C15H22. The summed E-state index contributed by atoms with van der Waals surface area (Å²) < 4.78 is 0. The normalized spacial score (nSPS) is 15.8. The van der Waals surface area contributed by atoms with Crippen molar-refractivity contribution in [1.29, 1.82) is 0 Å². The number of rotatable bonds is 0. The SMILES string of the molecule is C1=CCCCCCC1.Cc1ccccc1. The predicted octanol–water partition coefficient (Wildman–Crippen LogP) is 4.89. The Morgan fingerprint density at radius 2 is 1.27 bits per heavy atom. The minimum Gasteiger partial charge on any atom is -0.0885 e. The maximum atomic E-state index is 2.32. The standard InChI is InChI=1S/C8H14.C7H8/c1-2-4-6-8-7-5-3-1;1-7-5-3-2-4-6-7/h1-2H,3-8H2;2-6H,1H3. The summed E-state index contributed by atoms with van der Waals surface area (Å²) in [6.45, 7) is 2.08. The lowest BCUT2D eigenvalue weighted by molar-refractivity contribution is 0.638. The van der Waals surface area contributed by atoms with Crippen LogP contribution in [-0.4, -0.2) is 0 Å². The van der Waals surface area contributed by atoms with Gasteiger partial charge < -0.3 is 0 Å². The summed E-state index contributed by atoms with van der Waals surface area (Å²) in [6.07, 6.45) is 13.0. The molecule has 0 heteroatoms. The van der Waals surface area contributed by atoms with Crippen LogP contribution in [0.4, 0.5) is 0 Å². The molecule has 0 heterocycles. The van der Waals surface area contributed by atoms with Gasteiger partial charge in [0.1, 0.15) is 0 Å². The fourth-order valence-corrected chi connectivity index (χ4v) is 1.65. The summed E-state index contributed by atoms with van der Waals surface area (Å²) in [7, 11) is 0. The molecule has 0 bridgehead atoms. The van der Waals surface area contributed by atoms with Crippen LogP contribution in [0.5, 0.6) is 0 Å². The summed E-state index contributed by atoms with van der Waals surface area (Å²) in [6, 6.07) is 10.3. The molecule has 0 aromatic heterocycles. The Morgan fingerprint density at radius 3 is 1.67 bits per heavy atom. The fourth-order valence-electron chi connectivity index (χ4n) is 1.65. The van der Waals surface area contributed by atoms with Gasteiger partial charge in [-0.2, -0.15) is 0 Å². The Hall–Kier alpha value is -1.04. The molecule has 0 amide bonds. The zero-order chi connectivity index (χ0) is 10.8. The minimum atomic E-state index is 1.32. The maximum absolute atomic E-state index is 2.32. The number of hydrogen-bond donors (Lipinski definition) is 0. The molecule has 0 unspecified atom stereocenters. The van der Waals surface area contributed by atoms with E-state index in [9.17, 15) is 0 Å². The molecule has 0 spiro atoms. The van der Waals surface area contributed by atoms with Crippen LogP contribution < -0.4 is 0 Å². The highest BCUT2D eigenvalue weighted by Crippen LogP contribution is 2.09. The Kier molecular flexibility index (Phi) is 6.64. The Labute approximate surface area is 94.0 Å². The van der Waals surface area contributed by atoms with Gasteiger partial charge in [-0.3, -0.25) is 0 Å². The van der Waals surface area contributed by atoms with Crippen molar-refractivity contribution in [3.05, 3.63) is 48.0 Å². The molecule has 1 aromatic rings. The topological polar surface area (TPSA) is 0 Å². The molecule has 0 saturated carbocycles. The van der Waals surface area contributed by atoms with Crippen LogP contribution in [0, 0.1) is 6.92 Å². The van der Waals surface area contributed by atoms with E-state index in [2.05, 4.69) is 31.2 Å². The van der Waals surface area contributed by atoms with Crippen LogP contribution in [0.1, 0.15) is 44.1 Å². The highest BCUT2D eigenvalue weighted by molar-refractivity contribution is 5.11. The van der Waals surface area contributed by atoms with Gasteiger partial charge in [0.2, 0.25) is 0 Å². The van der Waals surface area contributed by atoms with E-state index in [4.69, 9.17) is 0 Å². The maximum Gasteiger partial charge on any atom is -0.0351 e. The third kappa shape index (κ3) is 6.96. The zero-order valence-electron chi connectivity index (χ0n) is 9.78. The van der Waals surface area contributed by atoms with Crippen molar-refractivity contribution in [2.75, 3.05) is 0 Å². The van der Waals surface area contributed by atoms with E-state index in [1.165, 1.54) is 44.1 Å². The Bertz CT molecular complexity index is 249. The molecular weight excluding hydrogens is 180 g/mol. The van der Waals surface area contributed by atoms with Gasteiger partial charge in [0, 0.05) is 0 Å². The molecule has 15 heavy (non-hydrogen) atoms. The minimum absolute atomic E-state index is 1.32. The van der Waals surface area contributed by atoms with Crippen molar-refractivity contribution in [3.8, 4) is 0 Å². The highest BCUT2D eigenvalue weighted by atomic mass is 14.0. The molecule has 0 atom stereocenters. The molecule has 1 aromatic carbocycles. The summed E-state index contributed by atoms with van der Waals surface area (Å²) >= 11 is 0. The average Bonchev–Trinajstić information content (AvgIpc) is 2.18. The van der Waals surface area contributed by atoms with Gasteiger partial charge >= 0.3 is 0 Å². The lowest BCUT2D eigenvalue weighted by atomic mass is 10.1. The summed E-state index contributed by atoms with van der Waals surface area (Å²) in [5.41, 5.74) is 1.32. The van der Waals surface area contributed by atoms with Crippen molar-refractivity contribution in [2.24, 2.45) is 0 Å². The van der Waals surface area contributed by atoms with Crippen LogP contribution in [-0.2, 0) is 0 Å². The van der Waals surface area contributed by atoms with Crippen molar-refractivity contribution in [3.63, 3.8) is 0 Å². The molecule has 82 valence electrons. The van der Waals surface area contributed by atoms with Crippen molar-refractivity contribution >= 4 is 0 Å². The van der Waals surface area contributed by atoms with Crippen molar-refractivity contribution < 1.29 is 0 Å². The molecule has 1 aliphatic carbocycles. The first-order valence-electron chi connectivity index (χ1n) is 6.06. The lowest BCUT2D eigenvalue weighted by Crippen LogP contribution is -1.80. The second kappa shape index (κ2) is 8.28. The van der Waals surface area contributed by atoms with Gasteiger partial charge in [0.25, 0.3) is 0 Å². The number of hydrogen-bond acceptors (Lipinski definition) is 0. The molecule has 0 radical (unpaired) electrons. The number of aryl methyl sites for hydroxylation is 1. The van der Waals surface area contributed by atoms with Gasteiger partial charge in [-0.05, 0) is 32.6 Å². The first-order chi connectivity index (χ1) is 7.39. The highest BCUT2D eigenvalue weighted by Gasteiger charge is 1.89. The average molecular weight is 202 g/mol. The van der Waals surface area contributed by atoms with Gasteiger partial charge in [-0.1, -0.05) is 60.9 Å². The van der Waals surface area contributed by atoms with Crippen molar-refractivity contribution in [2.45, 2.75) is 45.4 Å². The quantitative estimate of drug-likeness (QED) is 0.525. The summed E-state index contributed by atoms with van der Waals surface area (Å²) in [5.74, 6) is 0. The first-order valence-corrected chi connectivity index (χ1v) is 6.06. The van der Waals surface area contributed by atoms with Crippen LogP contribution >= 0.6 is 0 Å². The molecule has 0 saturated heterocycles. The lowest BCUT2D eigenvalue weighted by Gasteiger charge is -2.00. The Morgan fingerprint density at radius 1 is 0.733 bits per heavy atom. The van der Waals surface area contributed by atoms with E-state index in [0.29, 0.717) is 0 Å². The van der Waals surface area contributed by atoms with Crippen LogP contribution in [0.3, 0.4) is 0 Å². The van der Waals surface area contributed by atoms with Crippen LogP contribution in [0.2, 0.25) is 0 Å². The van der Waals surface area contributed by atoms with Gasteiger partial charge in [0.15, 0.2) is 0 Å². The molecule has 2 rings (SSSR count). The molecule has 1 aliphatic rings. The monoisotopic (exact) mass is 202 g/mol. The van der Waals surface area contributed by atoms with E-state index >= 15 is 0 Å². The smallest absolute Gasteiger partial charge is 0.0351 e. The second-order valence-electron chi connectivity index (χ2n) is 4.12. The third-order valence-electron chi connectivity index (χ3n) is 2.60. The van der Waals surface area contributed by atoms with Crippen LogP contribution in [0.15, 0.2) is 42.5 Å². The fraction of sp³-hybridized carbons (Fsp3) is 0.467. The van der Waals surface area contributed by atoms with E-state index in [1.54, 1.807) is 0 Å². The van der Waals surface area contributed by atoms with Gasteiger partial charge in [-0.15, -0.1) is 0 Å².